The van der Waals surface area contributed by atoms with Gasteiger partial charge in [-0.25, -0.2) is 4.90 Å². The van der Waals surface area contributed by atoms with Crippen LogP contribution in [0.4, 0.5) is 18.9 Å². The first-order valence-corrected chi connectivity index (χ1v) is 7.15. The molecule has 3 heterocycles. The van der Waals surface area contributed by atoms with Crippen LogP contribution in [0, 0.1) is 11.8 Å². The Bertz CT molecular complexity index is 757. The van der Waals surface area contributed by atoms with Gasteiger partial charge < -0.3 is 4.74 Å². The van der Waals surface area contributed by atoms with E-state index in [1.54, 1.807) is 19.1 Å². The van der Waals surface area contributed by atoms with E-state index in [0.29, 0.717) is 0 Å². The Kier molecular flexibility index (Phi) is 2.65. The Hall–Kier alpha value is -2.15. The average molecular weight is 323 g/mol. The molecule has 120 valence electrons. The molecule has 0 spiro atoms. The summed E-state index contributed by atoms with van der Waals surface area (Å²) >= 11 is 0. The van der Waals surface area contributed by atoms with Gasteiger partial charge in [-0.15, -0.1) is 0 Å². The van der Waals surface area contributed by atoms with Crippen molar-refractivity contribution in [3.05, 3.63) is 42.0 Å². The lowest BCUT2D eigenvalue weighted by atomic mass is 9.78. The molecule has 2 amide bonds. The monoisotopic (exact) mass is 323 g/mol. The number of ether oxygens (including phenoxy) is 1. The number of rotatable bonds is 1. The van der Waals surface area contributed by atoms with Crippen LogP contribution >= 0.6 is 0 Å². The van der Waals surface area contributed by atoms with Crippen molar-refractivity contribution < 1.29 is 27.5 Å². The van der Waals surface area contributed by atoms with E-state index in [-0.39, 0.29) is 5.69 Å². The number of alkyl halides is 3. The van der Waals surface area contributed by atoms with Crippen LogP contribution in [0.5, 0.6) is 0 Å². The van der Waals surface area contributed by atoms with E-state index in [9.17, 15) is 22.8 Å². The Morgan fingerprint density at radius 3 is 2.61 bits per heavy atom. The molecule has 2 saturated heterocycles. The maximum absolute atomic E-state index is 12.9. The van der Waals surface area contributed by atoms with E-state index < -0.39 is 47.1 Å². The fraction of sp³-hybridized carbons (Fsp3) is 0.375. The minimum absolute atomic E-state index is 0.0489. The number of hydrogen-bond acceptors (Lipinski definition) is 3. The van der Waals surface area contributed by atoms with Gasteiger partial charge in [-0.05, 0) is 25.1 Å². The van der Waals surface area contributed by atoms with Gasteiger partial charge in [0.2, 0.25) is 11.8 Å². The maximum Gasteiger partial charge on any atom is 0.416 e. The molecule has 0 unspecified atom stereocenters. The lowest BCUT2D eigenvalue weighted by molar-refractivity contribution is -0.137. The number of amides is 2. The number of benzene rings is 1. The summed E-state index contributed by atoms with van der Waals surface area (Å²) in [5.74, 6) is -2.35. The van der Waals surface area contributed by atoms with Crippen molar-refractivity contribution >= 4 is 17.5 Å². The molecule has 0 N–H and O–H groups in total. The quantitative estimate of drug-likeness (QED) is 0.589. The summed E-state index contributed by atoms with van der Waals surface area (Å²) in [4.78, 5) is 26.1. The van der Waals surface area contributed by atoms with Gasteiger partial charge in [0.1, 0.15) is 0 Å². The zero-order valence-electron chi connectivity index (χ0n) is 12.0. The highest BCUT2D eigenvalue weighted by Gasteiger charge is 2.66. The molecule has 0 aliphatic carbocycles. The highest BCUT2D eigenvalue weighted by molar-refractivity contribution is 6.23. The molecule has 0 saturated carbocycles. The van der Waals surface area contributed by atoms with Gasteiger partial charge in [-0.1, -0.05) is 18.2 Å². The molecule has 3 aliphatic rings. The second-order valence-electron chi connectivity index (χ2n) is 6.19. The third-order valence-corrected chi connectivity index (χ3v) is 4.76. The van der Waals surface area contributed by atoms with Gasteiger partial charge in [-0.2, -0.15) is 13.2 Å². The van der Waals surface area contributed by atoms with Crippen LogP contribution in [-0.2, 0) is 20.5 Å². The molecule has 0 aromatic heterocycles. The van der Waals surface area contributed by atoms with Gasteiger partial charge in [0.05, 0.1) is 34.8 Å². The first kappa shape index (κ1) is 14.4. The third kappa shape index (κ3) is 1.83. The average Bonchev–Trinajstić information content (AvgIpc) is 3.07. The standard InChI is InChI=1S/C16H12F3NO3/c1-15-6-5-10(23-15)11-12(15)14(22)20(13(11)21)9-4-2-3-8(7-9)16(17,18)19/h2-7,10-12H,1H3/t10-,11+,12-,15+/m1/s1. The summed E-state index contributed by atoms with van der Waals surface area (Å²) < 4.78 is 44.2. The summed E-state index contributed by atoms with van der Waals surface area (Å²) in [6, 6.07) is 4.27. The zero-order chi connectivity index (χ0) is 16.6. The van der Waals surface area contributed by atoms with Crippen molar-refractivity contribution in [2.75, 3.05) is 4.90 Å². The number of hydrogen-bond donors (Lipinski definition) is 0. The van der Waals surface area contributed by atoms with E-state index in [1.165, 1.54) is 12.1 Å². The predicted molar refractivity (Wildman–Crippen MR) is 73.3 cm³/mol. The van der Waals surface area contributed by atoms with E-state index >= 15 is 0 Å². The van der Waals surface area contributed by atoms with Crippen LogP contribution in [0.3, 0.4) is 0 Å². The summed E-state index contributed by atoms with van der Waals surface area (Å²) in [5.41, 5.74) is -1.80. The van der Waals surface area contributed by atoms with Crippen LogP contribution in [0.25, 0.3) is 0 Å². The summed E-state index contributed by atoms with van der Waals surface area (Å²) in [6.07, 6.45) is -1.54. The zero-order valence-corrected chi connectivity index (χ0v) is 12.0. The van der Waals surface area contributed by atoms with Crippen molar-refractivity contribution in [3.63, 3.8) is 0 Å². The first-order valence-electron chi connectivity index (χ1n) is 7.15. The summed E-state index contributed by atoms with van der Waals surface area (Å²) in [6.45, 7) is 1.72. The van der Waals surface area contributed by atoms with E-state index in [4.69, 9.17) is 4.74 Å². The van der Waals surface area contributed by atoms with Gasteiger partial charge in [0.15, 0.2) is 0 Å². The minimum Gasteiger partial charge on any atom is -0.362 e. The van der Waals surface area contributed by atoms with Gasteiger partial charge in [-0.3, -0.25) is 9.59 Å². The molecule has 2 bridgehead atoms. The maximum atomic E-state index is 12.9. The number of nitrogens with zero attached hydrogens (tertiary/aromatic N) is 1. The lowest BCUT2D eigenvalue weighted by Gasteiger charge is -2.24. The lowest BCUT2D eigenvalue weighted by Crippen LogP contribution is -2.38. The molecule has 0 radical (unpaired) electrons. The van der Waals surface area contributed by atoms with Gasteiger partial charge >= 0.3 is 6.18 Å². The van der Waals surface area contributed by atoms with Crippen LogP contribution < -0.4 is 4.90 Å². The van der Waals surface area contributed by atoms with E-state index in [1.807, 2.05) is 0 Å². The van der Waals surface area contributed by atoms with Gasteiger partial charge in [0, 0.05) is 0 Å². The molecule has 1 aromatic rings. The van der Waals surface area contributed by atoms with E-state index in [2.05, 4.69) is 0 Å². The Labute approximate surface area is 129 Å². The van der Waals surface area contributed by atoms with Crippen LogP contribution in [0.1, 0.15) is 12.5 Å². The third-order valence-electron chi connectivity index (χ3n) is 4.76. The molecular formula is C16H12F3NO3. The van der Waals surface area contributed by atoms with Crippen LogP contribution in [0.15, 0.2) is 36.4 Å². The SMILES string of the molecule is C[C@@]12C=C[C@@H](O1)[C@@H]1C(=O)N(c3cccc(C(F)(F)F)c3)C(=O)[C@@H]12. The molecule has 4 nitrogen and oxygen atoms in total. The van der Waals surface area contributed by atoms with Crippen LogP contribution in [-0.4, -0.2) is 23.5 Å². The van der Waals surface area contributed by atoms with Crippen molar-refractivity contribution in [1.82, 2.24) is 0 Å². The number of halogens is 3. The van der Waals surface area contributed by atoms with E-state index in [0.717, 1.165) is 17.0 Å². The number of carbonyl (C=O) groups is 2. The molecule has 2 fully saturated rings. The molecule has 3 aliphatic heterocycles. The number of anilines is 1. The minimum atomic E-state index is -4.53. The largest absolute Gasteiger partial charge is 0.416 e. The Balaban J connectivity index is 1.75. The fourth-order valence-electron chi connectivity index (χ4n) is 3.73. The highest BCUT2D eigenvalue weighted by atomic mass is 19.4. The topological polar surface area (TPSA) is 46.6 Å². The predicted octanol–water partition coefficient (Wildman–Crippen LogP) is 2.54. The highest BCUT2D eigenvalue weighted by Crippen LogP contribution is 2.52. The Morgan fingerprint density at radius 2 is 1.96 bits per heavy atom. The number of carbonyl (C=O) groups excluding carboxylic acids is 2. The van der Waals surface area contributed by atoms with Crippen LogP contribution in [0.2, 0.25) is 0 Å². The molecule has 1 aromatic carbocycles. The molecule has 4 rings (SSSR count). The number of imide groups is 1. The number of fused-ring (bicyclic) bond motifs is 5. The smallest absolute Gasteiger partial charge is 0.362 e. The summed E-state index contributed by atoms with van der Waals surface area (Å²) in [5, 5.41) is 0. The van der Waals surface area contributed by atoms with Crippen molar-refractivity contribution in [2.24, 2.45) is 11.8 Å². The molecular weight excluding hydrogens is 311 g/mol. The molecule has 23 heavy (non-hydrogen) atoms. The molecule has 7 heteroatoms. The van der Waals surface area contributed by atoms with Crippen molar-refractivity contribution in [2.45, 2.75) is 24.8 Å². The fourth-order valence-corrected chi connectivity index (χ4v) is 3.73. The first-order chi connectivity index (χ1) is 10.7. The molecule has 4 atom stereocenters. The normalized spacial score (nSPS) is 35.3. The Morgan fingerprint density at radius 1 is 1.22 bits per heavy atom. The van der Waals surface area contributed by atoms with Gasteiger partial charge in [0.25, 0.3) is 0 Å². The summed E-state index contributed by atoms with van der Waals surface area (Å²) in [7, 11) is 0. The second kappa shape index (κ2) is 4.23. The van der Waals surface area contributed by atoms with Crippen molar-refractivity contribution in [3.8, 4) is 0 Å². The second-order valence-corrected chi connectivity index (χ2v) is 6.19. The van der Waals surface area contributed by atoms with Crippen molar-refractivity contribution in [1.29, 1.82) is 0 Å².